The van der Waals surface area contributed by atoms with E-state index < -0.39 is 6.10 Å². The maximum Gasteiger partial charge on any atom is 0.161 e. The zero-order chi connectivity index (χ0) is 13.8. The molecule has 3 nitrogen and oxygen atoms in total. The molecular formula is C16H18O3. The van der Waals surface area contributed by atoms with Crippen LogP contribution in [0.15, 0.2) is 42.5 Å². The molecule has 3 heteroatoms. The van der Waals surface area contributed by atoms with E-state index >= 15 is 0 Å². The van der Waals surface area contributed by atoms with Crippen molar-refractivity contribution in [2.24, 2.45) is 0 Å². The van der Waals surface area contributed by atoms with Crippen molar-refractivity contribution in [2.75, 3.05) is 14.2 Å². The fourth-order valence-electron chi connectivity index (χ4n) is 2.06. The molecule has 0 radical (unpaired) electrons. The largest absolute Gasteiger partial charge is 0.493 e. The Morgan fingerprint density at radius 2 is 1.58 bits per heavy atom. The molecule has 0 amide bonds. The molecule has 0 aliphatic heterocycles. The lowest BCUT2D eigenvalue weighted by Crippen LogP contribution is -2.01. The fraction of sp³-hybridized carbons (Fsp3) is 0.250. The first kappa shape index (κ1) is 13.4. The first-order valence-corrected chi connectivity index (χ1v) is 6.12. The van der Waals surface area contributed by atoms with E-state index in [9.17, 15) is 5.11 Å². The number of rotatable bonds is 4. The second-order valence-electron chi connectivity index (χ2n) is 4.43. The van der Waals surface area contributed by atoms with Gasteiger partial charge >= 0.3 is 0 Å². The molecule has 0 bridgehead atoms. The van der Waals surface area contributed by atoms with Gasteiger partial charge in [0.15, 0.2) is 11.5 Å². The molecular weight excluding hydrogens is 240 g/mol. The Balaban J connectivity index is 2.36. The van der Waals surface area contributed by atoms with Gasteiger partial charge in [0, 0.05) is 0 Å². The molecule has 19 heavy (non-hydrogen) atoms. The lowest BCUT2D eigenvalue weighted by Gasteiger charge is -2.15. The summed E-state index contributed by atoms with van der Waals surface area (Å²) in [6, 6.07) is 13.3. The average Bonchev–Trinajstić information content (AvgIpc) is 2.45. The SMILES string of the molecule is COc1ccc([C@H](O)c2cccc(C)c2)cc1OC. The van der Waals surface area contributed by atoms with Crippen molar-refractivity contribution in [3.63, 3.8) is 0 Å². The lowest BCUT2D eigenvalue weighted by atomic mass is 10.00. The molecule has 0 aliphatic rings. The number of hydrogen-bond acceptors (Lipinski definition) is 3. The van der Waals surface area contributed by atoms with Gasteiger partial charge < -0.3 is 14.6 Å². The smallest absolute Gasteiger partial charge is 0.161 e. The normalized spacial score (nSPS) is 12.0. The van der Waals surface area contributed by atoms with Crippen molar-refractivity contribution >= 4 is 0 Å². The molecule has 2 aromatic rings. The van der Waals surface area contributed by atoms with Crippen LogP contribution in [-0.4, -0.2) is 19.3 Å². The van der Waals surface area contributed by atoms with E-state index in [0.717, 1.165) is 16.7 Å². The zero-order valence-corrected chi connectivity index (χ0v) is 11.4. The van der Waals surface area contributed by atoms with Crippen molar-refractivity contribution in [2.45, 2.75) is 13.0 Å². The Bertz CT molecular complexity index is 564. The predicted molar refractivity (Wildman–Crippen MR) is 74.8 cm³/mol. The van der Waals surface area contributed by atoms with E-state index in [4.69, 9.17) is 9.47 Å². The molecule has 0 heterocycles. The summed E-state index contributed by atoms with van der Waals surface area (Å²) >= 11 is 0. The van der Waals surface area contributed by atoms with Crippen LogP contribution in [0.3, 0.4) is 0 Å². The van der Waals surface area contributed by atoms with E-state index in [0.29, 0.717) is 11.5 Å². The minimum atomic E-state index is -0.667. The predicted octanol–water partition coefficient (Wildman–Crippen LogP) is 3.09. The van der Waals surface area contributed by atoms with E-state index in [-0.39, 0.29) is 0 Å². The fourth-order valence-corrected chi connectivity index (χ4v) is 2.06. The molecule has 2 aromatic carbocycles. The number of aryl methyl sites for hydroxylation is 1. The van der Waals surface area contributed by atoms with Crippen molar-refractivity contribution in [3.8, 4) is 11.5 Å². The summed E-state index contributed by atoms with van der Waals surface area (Å²) in [7, 11) is 3.18. The molecule has 0 saturated carbocycles. The van der Waals surface area contributed by atoms with Gasteiger partial charge in [-0.05, 0) is 30.2 Å². The van der Waals surface area contributed by atoms with Gasteiger partial charge in [-0.2, -0.15) is 0 Å². The van der Waals surface area contributed by atoms with Gasteiger partial charge in [0.2, 0.25) is 0 Å². The Morgan fingerprint density at radius 3 is 2.21 bits per heavy atom. The number of ether oxygens (including phenoxy) is 2. The van der Waals surface area contributed by atoms with Crippen LogP contribution in [0.4, 0.5) is 0 Å². The van der Waals surface area contributed by atoms with E-state index in [1.807, 2.05) is 37.3 Å². The van der Waals surface area contributed by atoms with Gasteiger partial charge in [-0.3, -0.25) is 0 Å². The highest BCUT2D eigenvalue weighted by Crippen LogP contribution is 2.32. The minimum Gasteiger partial charge on any atom is -0.493 e. The van der Waals surface area contributed by atoms with Crippen LogP contribution in [0.25, 0.3) is 0 Å². The van der Waals surface area contributed by atoms with Gasteiger partial charge in [-0.25, -0.2) is 0 Å². The summed E-state index contributed by atoms with van der Waals surface area (Å²) in [5.74, 6) is 1.27. The third kappa shape index (κ3) is 2.88. The van der Waals surface area contributed by atoms with Crippen LogP contribution >= 0.6 is 0 Å². The Morgan fingerprint density at radius 1 is 0.895 bits per heavy atom. The van der Waals surface area contributed by atoms with E-state index in [1.54, 1.807) is 26.4 Å². The monoisotopic (exact) mass is 258 g/mol. The van der Waals surface area contributed by atoms with Crippen LogP contribution < -0.4 is 9.47 Å². The topological polar surface area (TPSA) is 38.7 Å². The summed E-state index contributed by atoms with van der Waals surface area (Å²) in [4.78, 5) is 0. The van der Waals surface area contributed by atoms with E-state index in [2.05, 4.69) is 0 Å². The molecule has 0 spiro atoms. The Hall–Kier alpha value is -2.00. The molecule has 1 atom stereocenters. The van der Waals surface area contributed by atoms with E-state index in [1.165, 1.54) is 0 Å². The van der Waals surface area contributed by atoms with Crippen molar-refractivity contribution in [3.05, 3.63) is 59.2 Å². The quantitative estimate of drug-likeness (QED) is 0.915. The Kier molecular flexibility index (Phi) is 4.07. The molecule has 0 fully saturated rings. The molecule has 1 N–H and O–H groups in total. The third-order valence-electron chi connectivity index (χ3n) is 3.08. The zero-order valence-electron chi connectivity index (χ0n) is 11.4. The first-order chi connectivity index (χ1) is 9.15. The molecule has 100 valence electrons. The van der Waals surface area contributed by atoms with Crippen LogP contribution in [0, 0.1) is 6.92 Å². The second-order valence-corrected chi connectivity index (χ2v) is 4.43. The van der Waals surface area contributed by atoms with Gasteiger partial charge in [0.05, 0.1) is 14.2 Å². The maximum atomic E-state index is 10.4. The number of aliphatic hydroxyl groups is 1. The van der Waals surface area contributed by atoms with Crippen molar-refractivity contribution in [1.29, 1.82) is 0 Å². The highest BCUT2D eigenvalue weighted by Gasteiger charge is 2.13. The van der Waals surface area contributed by atoms with Gasteiger partial charge in [-0.1, -0.05) is 35.9 Å². The summed E-state index contributed by atoms with van der Waals surface area (Å²) in [6.07, 6.45) is -0.667. The number of hydrogen-bond donors (Lipinski definition) is 1. The first-order valence-electron chi connectivity index (χ1n) is 6.12. The average molecular weight is 258 g/mol. The highest BCUT2D eigenvalue weighted by molar-refractivity contribution is 5.45. The van der Waals surface area contributed by atoms with Crippen LogP contribution in [0.1, 0.15) is 22.8 Å². The van der Waals surface area contributed by atoms with Crippen LogP contribution in [0.5, 0.6) is 11.5 Å². The van der Waals surface area contributed by atoms with Crippen LogP contribution in [0.2, 0.25) is 0 Å². The number of benzene rings is 2. The summed E-state index contributed by atoms with van der Waals surface area (Å²) in [6.45, 7) is 2.00. The molecule has 0 aromatic heterocycles. The van der Waals surface area contributed by atoms with Crippen molar-refractivity contribution < 1.29 is 14.6 Å². The maximum absolute atomic E-state index is 10.4. The Labute approximate surface area is 113 Å². The standard InChI is InChI=1S/C16H18O3/c1-11-5-4-6-12(9-11)16(17)13-7-8-14(18-2)15(10-13)19-3/h4-10,16-17H,1-3H3/t16-/m1/s1. The third-order valence-corrected chi connectivity index (χ3v) is 3.08. The van der Waals surface area contributed by atoms with Crippen molar-refractivity contribution in [1.82, 2.24) is 0 Å². The molecule has 2 rings (SSSR count). The van der Waals surface area contributed by atoms with Gasteiger partial charge in [-0.15, -0.1) is 0 Å². The van der Waals surface area contributed by atoms with Gasteiger partial charge in [0.1, 0.15) is 6.10 Å². The highest BCUT2D eigenvalue weighted by atomic mass is 16.5. The number of methoxy groups -OCH3 is 2. The second kappa shape index (κ2) is 5.76. The lowest BCUT2D eigenvalue weighted by molar-refractivity contribution is 0.219. The van der Waals surface area contributed by atoms with Crippen LogP contribution in [-0.2, 0) is 0 Å². The molecule has 0 aliphatic carbocycles. The number of aliphatic hydroxyl groups excluding tert-OH is 1. The minimum absolute atomic E-state index is 0.617. The van der Waals surface area contributed by atoms with Gasteiger partial charge in [0.25, 0.3) is 0 Å². The summed E-state index contributed by atoms with van der Waals surface area (Å²) in [5, 5.41) is 10.4. The molecule has 0 unspecified atom stereocenters. The summed E-state index contributed by atoms with van der Waals surface area (Å²) in [5.41, 5.74) is 2.77. The molecule has 0 saturated heterocycles. The summed E-state index contributed by atoms with van der Waals surface area (Å²) < 4.78 is 10.4.